The van der Waals surface area contributed by atoms with Crippen LogP contribution in [0.15, 0.2) is 84.5 Å². The van der Waals surface area contributed by atoms with Gasteiger partial charge in [-0.25, -0.2) is 4.79 Å². The zero-order valence-corrected chi connectivity index (χ0v) is 15.6. The van der Waals surface area contributed by atoms with Gasteiger partial charge < -0.3 is 16.3 Å². The minimum atomic E-state index is -0.512. The first-order chi connectivity index (χ1) is 13.4. The Bertz CT molecular complexity index is 1020. The summed E-state index contributed by atoms with van der Waals surface area (Å²) in [5.74, 6) is -0.358. The molecule has 0 bridgehead atoms. The van der Waals surface area contributed by atoms with E-state index in [1.165, 1.54) is 6.92 Å². The van der Waals surface area contributed by atoms with E-state index in [1.54, 1.807) is 0 Å². The van der Waals surface area contributed by atoms with Crippen molar-refractivity contribution < 1.29 is 9.63 Å². The largest absolute Gasteiger partial charge is 0.399 e. The molecule has 3 rings (SSSR count). The fraction of sp³-hybridized carbons (Fsp3) is 0.0435. The maximum Gasteiger partial charge on any atom is 0.332 e. The summed E-state index contributed by atoms with van der Waals surface area (Å²) in [6.45, 7) is 5.02. The van der Waals surface area contributed by atoms with E-state index in [-0.39, 0.29) is 5.84 Å². The highest BCUT2D eigenvalue weighted by Gasteiger charge is 2.04. The maximum atomic E-state index is 10.8. The Morgan fingerprint density at radius 1 is 0.750 bits per heavy atom. The Labute approximate surface area is 163 Å². The lowest BCUT2D eigenvalue weighted by Gasteiger charge is -2.07. The van der Waals surface area contributed by atoms with Crippen molar-refractivity contribution in [1.29, 1.82) is 0 Å². The molecule has 140 valence electrons. The Hall–Kier alpha value is -3.86. The summed E-state index contributed by atoms with van der Waals surface area (Å²) in [6, 6.07) is 23.8. The molecule has 5 nitrogen and oxygen atoms in total. The van der Waals surface area contributed by atoms with Crippen molar-refractivity contribution >= 4 is 17.5 Å². The molecule has 0 heterocycles. The lowest BCUT2D eigenvalue weighted by molar-refractivity contribution is -0.140. The molecule has 0 saturated heterocycles. The third-order valence-electron chi connectivity index (χ3n) is 4.26. The molecule has 0 aliphatic rings. The van der Waals surface area contributed by atoms with Crippen LogP contribution in [0.3, 0.4) is 0 Å². The molecule has 0 saturated carbocycles. The topological polar surface area (TPSA) is 90.7 Å². The first-order valence-corrected chi connectivity index (χ1v) is 8.71. The second-order valence-electron chi connectivity index (χ2n) is 6.32. The summed E-state index contributed by atoms with van der Waals surface area (Å²) in [4.78, 5) is 15.4. The van der Waals surface area contributed by atoms with Gasteiger partial charge in [0.2, 0.25) is 0 Å². The molecule has 3 aromatic carbocycles. The zero-order chi connectivity index (χ0) is 20.1. The molecule has 0 spiro atoms. The van der Waals surface area contributed by atoms with E-state index in [1.807, 2.05) is 48.5 Å². The predicted molar refractivity (Wildman–Crippen MR) is 113 cm³/mol. The van der Waals surface area contributed by atoms with Crippen molar-refractivity contribution in [2.45, 2.75) is 6.92 Å². The van der Waals surface area contributed by atoms with Gasteiger partial charge in [0, 0.05) is 18.2 Å². The van der Waals surface area contributed by atoms with Gasteiger partial charge in [0.25, 0.3) is 0 Å². The monoisotopic (exact) mass is 371 g/mol. The normalized spacial score (nSPS) is 11.1. The lowest BCUT2D eigenvalue weighted by atomic mass is 9.98. The Morgan fingerprint density at radius 2 is 1.11 bits per heavy atom. The summed E-state index contributed by atoms with van der Waals surface area (Å²) in [5.41, 5.74) is 18.0. The highest BCUT2D eigenvalue weighted by atomic mass is 16.7. The fourth-order valence-corrected chi connectivity index (χ4v) is 2.73. The molecular weight excluding hydrogens is 350 g/mol. The summed E-state index contributed by atoms with van der Waals surface area (Å²) in [5, 5.41) is 3.59. The van der Waals surface area contributed by atoms with Crippen LogP contribution >= 0.6 is 0 Å². The Kier molecular flexibility index (Phi) is 5.56. The van der Waals surface area contributed by atoms with Crippen LogP contribution in [0.1, 0.15) is 18.1 Å². The molecular formula is C23H21N3O2. The molecule has 0 fully saturated rings. The molecule has 4 N–H and O–H groups in total. The van der Waals surface area contributed by atoms with Crippen molar-refractivity contribution in [3.8, 4) is 22.3 Å². The Morgan fingerprint density at radius 3 is 1.46 bits per heavy atom. The highest BCUT2D eigenvalue weighted by molar-refractivity contribution is 5.97. The van der Waals surface area contributed by atoms with Gasteiger partial charge in [0.1, 0.15) is 0 Å². The van der Waals surface area contributed by atoms with Crippen LogP contribution in [-0.4, -0.2) is 11.8 Å². The molecule has 0 aliphatic carbocycles. The van der Waals surface area contributed by atoms with Crippen molar-refractivity contribution in [2.24, 2.45) is 16.6 Å². The highest BCUT2D eigenvalue weighted by Crippen LogP contribution is 2.26. The average Bonchev–Trinajstić information content (AvgIpc) is 2.72. The molecule has 0 radical (unpaired) electrons. The summed E-state index contributed by atoms with van der Waals surface area (Å²) in [6.07, 6.45) is 0. The van der Waals surface area contributed by atoms with Crippen LogP contribution < -0.4 is 11.5 Å². The van der Waals surface area contributed by atoms with Crippen molar-refractivity contribution in [1.82, 2.24) is 0 Å². The number of nitrogens with two attached hydrogens (primary N) is 2. The van der Waals surface area contributed by atoms with E-state index < -0.39 is 5.97 Å². The van der Waals surface area contributed by atoms with Gasteiger partial charge in [-0.05, 0) is 27.8 Å². The van der Waals surface area contributed by atoms with Crippen molar-refractivity contribution in [2.75, 3.05) is 0 Å². The molecule has 0 amide bonds. The molecule has 3 aromatic rings. The van der Waals surface area contributed by atoms with Crippen LogP contribution in [0.25, 0.3) is 28.0 Å². The number of benzene rings is 3. The van der Waals surface area contributed by atoms with Gasteiger partial charge >= 0.3 is 5.97 Å². The second-order valence-corrected chi connectivity index (χ2v) is 6.32. The number of hydrogen-bond donors (Lipinski definition) is 2. The van der Waals surface area contributed by atoms with Crippen molar-refractivity contribution in [3.63, 3.8) is 0 Å². The molecule has 5 heteroatoms. The van der Waals surface area contributed by atoms with Gasteiger partial charge in [-0.15, -0.1) is 0 Å². The molecule has 0 atom stereocenters. The number of amidine groups is 1. The molecule has 0 aromatic heterocycles. The molecule has 0 aliphatic heterocycles. The lowest BCUT2D eigenvalue weighted by Crippen LogP contribution is -2.14. The minimum Gasteiger partial charge on any atom is -0.399 e. The first-order valence-electron chi connectivity index (χ1n) is 8.71. The van der Waals surface area contributed by atoms with Crippen LogP contribution in [0.2, 0.25) is 0 Å². The zero-order valence-electron chi connectivity index (χ0n) is 15.6. The van der Waals surface area contributed by atoms with E-state index >= 15 is 0 Å². The number of oxime groups is 1. The number of nitrogens with zero attached hydrogens (tertiary/aromatic N) is 1. The molecule has 28 heavy (non-hydrogen) atoms. The van der Waals surface area contributed by atoms with Crippen LogP contribution in [-0.2, 0) is 9.63 Å². The van der Waals surface area contributed by atoms with Crippen LogP contribution in [0.5, 0.6) is 0 Å². The first kappa shape index (κ1) is 18.9. The van der Waals surface area contributed by atoms with Crippen LogP contribution in [0, 0.1) is 0 Å². The van der Waals surface area contributed by atoms with Gasteiger partial charge in [-0.3, -0.25) is 0 Å². The smallest absolute Gasteiger partial charge is 0.332 e. The number of carbonyl (C=O) groups is 1. The van der Waals surface area contributed by atoms with Crippen LogP contribution in [0.4, 0.5) is 0 Å². The quantitative estimate of drug-likeness (QED) is 0.305. The average molecular weight is 371 g/mol. The van der Waals surface area contributed by atoms with E-state index in [4.69, 9.17) is 11.5 Å². The van der Waals surface area contributed by atoms with E-state index in [0.717, 1.165) is 27.8 Å². The fourth-order valence-electron chi connectivity index (χ4n) is 2.73. The van der Waals surface area contributed by atoms with Crippen molar-refractivity contribution in [3.05, 3.63) is 90.5 Å². The summed E-state index contributed by atoms with van der Waals surface area (Å²) in [7, 11) is 0. The van der Waals surface area contributed by atoms with E-state index in [0.29, 0.717) is 11.3 Å². The minimum absolute atomic E-state index is 0.153. The van der Waals surface area contributed by atoms with Gasteiger partial charge in [0.05, 0.1) is 0 Å². The maximum absolute atomic E-state index is 10.8. The second kappa shape index (κ2) is 8.22. The Balaban J connectivity index is 1.77. The number of rotatable bonds is 5. The predicted octanol–water partition coefficient (Wildman–Crippen LogP) is 4.13. The van der Waals surface area contributed by atoms with E-state index in [2.05, 4.69) is 40.8 Å². The number of hydrogen-bond acceptors (Lipinski definition) is 4. The third kappa shape index (κ3) is 4.45. The molecule has 0 unspecified atom stereocenters. The van der Waals surface area contributed by atoms with Gasteiger partial charge in [-0.1, -0.05) is 84.5 Å². The number of carbonyl (C=O) groups excluding carboxylic acids is 1. The SMILES string of the molecule is C=C(N)c1ccc(-c2ccc(-c3ccc(/C(N)=N\OC(C)=O)cc3)cc2)cc1. The third-order valence-corrected chi connectivity index (χ3v) is 4.26. The van der Waals surface area contributed by atoms with E-state index in [9.17, 15) is 4.79 Å². The standard InChI is InChI=1S/C23H21N3O2/c1-15(24)17-3-5-18(6-4-17)19-7-9-20(10-8-19)21-11-13-22(14-12-21)23(25)26-28-16(2)27/h3-14H,1,24H2,2H3,(H2,25,26). The summed E-state index contributed by atoms with van der Waals surface area (Å²) < 4.78 is 0. The van der Waals surface area contributed by atoms with Gasteiger partial charge in [-0.2, -0.15) is 0 Å². The summed E-state index contributed by atoms with van der Waals surface area (Å²) >= 11 is 0. The van der Waals surface area contributed by atoms with Gasteiger partial charge in [0.15, 0.2) is 5.84 Å².